The van der Waals surface area contributed by atoms with Gasteiger partial charge in [-0.25, -0.2) is 0 Å². The van der Waals surface area contributed by atoms with E-state index in [1.807, 2.05) is 0 Å². The zero-order valence-corrected chi connectivity index (χ0v) is 33.1. The molecule has 11 aromatic rings. The Balaban J connectivity index is 0.972. The van der Waals surface area contributed by atoms with Crippen molar-refractivity contribution in [2.75, 3.05) is 0 Å². The molecule has 0 aliphatic heterocycles. The third-order valence-electron chi connectivity index (χ3n) is 13.2. The largest absolute Gasteiger partial charge is 0.0616 e. The van der Waals surface area contributed by atoms with Crippen molar-refractivity contribution in [1.29, 1.82) is 0 Å². The Hall–Kier alpha value is -7.28. The lowest BCUT2D eigenvalue weighted by molar-refractivity contribution is 0.663. The lowest BCUT2D eigenvalue weighted by Crippen LogP contribution is -2.16. The van der Waals surface area contributed by atoms with Crippen LogP contribution in [0.3, 0.4) is 0 Å². The van der Waals surface area contributed by atoms with Crippen LogP contribution in [0.2, 0.25) is 0 Å². The van der Waals surface area contributed by atoms with Gasteiger partial charge >= 0.3 is 0 Å². The fourth-order valence-corrected chi connectivity index (χ4v) is 10.5. The maximum Gasteiger partial charge on any atom is 0.0165 e. The van der Waals surface area contributed by atoms with Gasteiger partial charge in [-0.05, 0) is 139 Å². The molecule has 1 aliphatic carbocycles. The van der Waals surface area contributed by atoms with E-state index in [2.05, 4.69) is 220 Å². The van der Waals surface area contributed by atoms with E-state index in [1.165, 1.54) is 121 Å². The van der Waals surface area contributed by atoms with E-state index in [9.17, 15) is 0 Å². The number of hydrogen-bond acceptors (Lipinski definition) is 0. The van der Waals surface area contributed by atoms with E-state index in [1.54, 1.807) is 0 Å². The van der Waals surface area contributed by atoms with Gasteiger partial charge in [-0.1, -0.05) is 202 Å². The van der Waals surface area contributed by atoms with Crippen molar-refractivity contribution in [3.8, 4) is 55.6 Å². The molecule has 0 fully saturated rings. The highest BCUT2D eigenvalue weighted by atomic mass is 14.4. The minimum atomic E-state index is -0.117. The monoisotopic (exact) mass is 748 g/mol. The van der Waals surface area contributed by atoms with E-state index < -0.39 is 0 Å². The quantitative estimate of drug-likeness (QED) is 0.124. The van der Waals surface area contributed by atoms with E-state index in [4.69, 9.17) is 0 Å². The minimum absolute atomic E-state index is 0.117. The molecule has 11 aromatic carbocycles. The summed E-state index contributed by atoms with van der Waals surface area (Å²) < 4.78 is 0. The normalized spacial score (nSPS) is 13.1. The van der Waals surface area contributed by atoms with Crippen LogP contribution in [0.15, 0.2) is 206 Å². The van der Waals surface area contributed by atoms with Crippen LogP contribution in [0.1, 0.15) is 25.0 Å². The summed E-state index contributed by atoms with van der Waals surface area (Å²) in [4.78, 5) is 0. The van der Waals surface area contributed by atoms with E-state index in [0.717, 1.165) is 0 Å². The zero-order valence-electron chi connectivity index (χ0n) is 33.1. The maximum absolute atomic E-state index is 2.42. The average molecular weight is 749 g/mol. The van der Waals surface area contributed by atoms with Crippen LogP contribution in [0.4, 0.5) is 0 Å². The Morgan fingerprint density at radius 1 is 0.271 bits per heavy atom. The second kappa shape index (κ2) is 12.9. The fourth-order valence-electron chi connectivity index (χ4n) is 10.5. The molecule has 0 atom stereocenters. The standard InChI is InChI=1S/C59H40/c1-59(2)55-36-42-15-4-3-14-41(42)34-54(55)52-25-13-24-45(58(52)59)37-26-30-39(31-27-37)56-48-20-9-11-22-50(48)57(51-23-12-10-21-49(51)56)40-32-28-38(29-33-40)53-35-43-16-5-6-17-44(43)46-18-7-8-19-47(46)53/h3-36H,1-2H3. The Bertz CT molecular complexity index is 3430. The van der Waals surface area contributed by atoms with Crippen LogP contribution < -0.4 is 0 Å². The van der Waals surface area contributed by atoms with Gasteiger partial charge in [0.05, 0.1) is 0 Å². The van der Waals surface area contributed by atoms with Gasteiger partial charge < -0.3 is 0 Å². The van der Waals surface area contributed by atoms with E-state index >= 15 is 0 Å². The van der Waals surface area contributed by atoms with E-state index in [-0.39, 0.29) is 5.41 Å². The van der Waals surface area contributed by atoms with Crippen molar-refractivity contribution in [1.82, 2.24) is 0 Å². The first-order chi connectivity index (χ1) is 29.0. The average Bonchev–Trinajstić information content (AvgIpc) is 3.52. The summed E-state index contributed by atoms with van der Waals surface area (Å²) in [7, 11) is 0. The molecule has 276 valence electrons. The summed E-state index contributed by atoms with van der Waals surface area (Å²) in [5.41, 5.74) is 15.5. The third-order valence-corrected chi connectivity index (χ3v) is 13.2. The number of rotatable bonds is 4. The van der Waals surface area contributed by atoms with Crippen LogP contribution in [-0.4, -0.2) is 0 Å². The molecule has 59 heavy (non-hydrogen) atoms. The van der Waals surface area contributed by atoms with Gasteiger partial charge in [-0.2, -0.15) is 0 Å². The molecule has 0 spiro atoms. The van der Waals surface area contributed by atoms with Gasteiger partial charge in [-0.3, -0.25) is 0 Å². The molecule has 12 rings (SSSR count). The molecule has 0 saturated carbocycles. The van der Waals surface area contributed by atoms with Crippen molar-refractivity contribution in [3.63, 3.8) is 0 Å². The number of benzene rings is 11. The molecule has 0 N–H and O–H groups in total. The smallest absolute Gasteiger partial charge is 0.0165 e. The fraction of sp³-hybridized carbons (Fsp3) is 0.0508. The zero-order chi connectivity index (χ0) is 39.2. The Morgan fingerprint density at radius 2 is 0.678 bits per heavy atom. The highest BCUT2D eigenvalue weighted by molar-refractivity contribution is 6.21. The molecular weight excluding hydrogens is 709 g/mol. The minimum Gasteiger partial charge on any atom is -0.0616 e. The molecule has 0 aromatic heterocycles. The number of fused-ring (bicyclic) bond motifs is 9. The van der Waals surface area contributed by atoms with Gasteiger partial charge in [0.15, 0.2) is 0 Å². The molecule has 0 nitrogen and oxygen atoms in total. The predicted octanol–water partition coefficient (Wildman–Crippen LogP) is 16.4. The first-order valence-corrected chi connectivity index (χ1v) is 20.8. The molecule has 0 saturated heterocycles. The molecule has 1 aliphatic rings. The second-order valence-corrected chi connectivity index (χ2v) is 16.8. The van der Waals surface area contributed by atoms with Crippen molar-refractivity contribution in [2.45, 2.75) is 19.3 Å². The van der Waals surface area contributed by atoms with Gasteiger partial charge in [-0.15, -0.1) is 0 Å². The van der Waals surface area contributed by atoms with Crippen LogP contribution >= 0.6 is 0 Å². The van der Waals surface area contributed by atoms with Crippen LogP contribution in [-0.2, 0) is 5.41 Å². The Labute approximate surface area is 344 Å². The molecule has 0 heterocycles. The Morgan fingerprint density at radius 3 is 1.25 bits per heavy atom. The van der Waals surface area contributed by atoms with Gasteiger partial charge in [0.1, 0.15) is 0 Å². The topological polar surface area (TPSA) is 0 Å². The molecule has 0 bridgehead atoms. The molecule has 0 radical (unpaired) electrons. The molecule has 0 heteroatoms. The van der Waals surface area contributed by atoms with Crippen LogP contribution in [0, 0.1) is 0 Å². The highest BCUT2D eigenvalue weighted by Crippen LogP contribution is 2.53. The highest BCUT2D eigenvalue weighted by Gasteiger charge is 2.37. The summed E-state index contributed by atoms with van der Waals surface area (Å²) in [5, 5.41) is 12.8. The third kappa shape index (κ3) is 5.09. The van der Waals surface area contributed by atoms with Crippen molar-refractivity contribution < 1.29 is 0 Å². The maximum atomic E-state index is 2.42. The second-order valence-electron chi connectivity index (χ2n) is 16.8. The van der Waals surface area contributed by atoms with Crippen molar-refractivity contribution in [3.05, 3.63) is 217 Å². The van der Waals surface area contributed by atoms with Crippen LogP contribution in [0.25, 0.3) is 109 Å². The summed E-state index contributed by atoms with van der Waals surface area (Å²) in [5.74, 6) is 0. The van der Waals surface area contributed by atoms with Gasteiger partial charge in [0, 0.05) is 5.41 Å². The number of hydrogen-bond donors (Lipinski definition) is 0. The lowest BCUT2D eigenvalue weighted by atomic mass is 9.78. The van der Waals surface area contributed by atoms with Crippen LogP contribution in [0.5, 0.6) is 0 Å². The predicted molar refractivity (Wildman–Crippen MR) is 253 cm³/mol. The van der Waals surface area contributed by atoms with E-state index in [0.29, 0.717) is 0 Å². The van der Waals surface area contributed by atoms with Crippen molar-refractivity contribution >= 4 is 53.9 Å². The summed E-state index contributed by atoms with van der Waals surface area (Å²) in [6.07, 6.45) is 0. The van der Waals surface area contributed by atoms with Gasteiger partial charge in [0.25, 0.3) is 0 Å². The molecule has 0 unspecified atom stereocenters. The van der Waals surface area contributed by atoms with Gasteiger partial charge in [0.2, 0.25) is 0 Å². The summed E-state index contributed by atoms with van der Waals surface area (Å²) in [6, 6.07) is 76.9. The first-order valence-electron chi connectivity index (χ1n) is 20.8. The summed E-state index contributed by atoms with van der Waals surface area (Å²) in [6.45, 7) is 4.78. The molecule has 0 amide bonds. The lowest BCUT2D eigenvalue weighted by Gasteiger charge is -2.25. The molecular formula is C59H40. The Kier molecular flexibility index (Phi) is 7.38. The van der Waals surface area contributed by atoms with Crippen molar-refractivity contribution in [2.24, 2.45) is 0 Å². The SMILES string of the molecule is CC1(C)c2cc3ccccc3cc2-c2cccc(-c3ccc(-c4c5ccccc5c(-c5ccc(-c6cc7ccccc7c7ccccc67)cc5)c5ccccc45)cc3)c21. The first kappa shape index (κ1) is 33.8. The summed E-state index contributed by atoms with van der Waals surface area (Å²) >= 11 is 0.